The molecule has 0 aliphatic heterocycles. The lowest BCUT2D eigenvalue weighted by molar-refractivity contribution is -0.137. The highest BCUT2D eigenvalue weighted by Crippen LogP contribution is 2.31. The average Bonchev–Trinajstić information content (AvgIpc) is 2.99. The van der Waals surface area contributed by atoms with Crippen molar-refractivity contribution >= 4 is 5.97 Å². The van der Waals surface area contributed by atoms with Gasteiger partial charge < -0.3 is 9.52 Å². The third-order valence-corrected chi connectivity index (χ3v) is 3.55. The van der Waals surface area contributed by atoms with Crippen LogP contribution in [0.4, 0.5) is 4.39 Å². The van der Waals surface area contributed by atoms with Crippen molar-refractivity contribution in [3.63, 3.8) is 0 Å². The summed E-state index contributed by atoms with van der Waals surface area (Å²) >= 11 is 0. The molecular weight excluding hydrogens is 313 g/mol. The number of carbonyl (C=O) groups is 1. The molecule has 0 radical (unpaired) electrons. The van der Waals surface area contributed by atoms with Gasteiger partial charge in [0, 0.05) is 19.3 Å². The van der Waals surface area contributed by atoms with Crippen LogP contribution in [0.1, 0.15) is 29.7 Å². The molecule has 122 valence electrons. The molecule has 6 nitrogen and oxygen atoms in total. The third-order valence-electron chi connectivity index (χ3n) is 3.55. The summed E-state index contributed by atoms with van der Waals surface area (Å²) in [6, 6.07) is 7.91. The normalized spacial score (nSPS) is 12.1. The maximum absolute atomic E-state index is 14.1. The minimum Gasteiger partial charge on any atom is -0.481 e. The number of aromatic nitrogens is 3. The summed E-state index contributed by atoms with van der Waals surface area (Å²) in [5.74, 6) is -1.75. The van der Waals surface area contributed by atoms with E-state index in [1.54, 1.807) is 37.5 Å². The zero-order valence-electron chi connectivity index (χ0n) is 12.8. The highest BCUT2D eigenvalue weighted by atomic mass is 19.1. The smallest absolute Gasteiger partial charge is 0.304 e. The Morgan fingerprint density at radius 3 is 2.58 bits per heavy atom. The van der Waals surface area contributed by atoms with Gasteiger partial charge in [0.25, 0.3) is 0 Å². The van der Waals surface area contributed by atoms with Crippen molar-refractivity contribution in [3.8, 4) is 11.1 Å². The molecule has 24 heavy (non-hydrogen) atoms. The number of carboxylic acids is 1. The number of hydrogen-bond acceptors (Lipinski definition) is 5. The van der Waals surface area contributed by atoms with E-state index in [0.717, 1.165) is 5.56 Å². The van der Waals surface area contributed by atoms with Gasteiger partial charge in [0.05, 0.1) is 12.3 Å². The summed E-state index contributed by atoms with van der Waals surface area (Å²) < 4.78 is 19.5. The van der Waals surface area contributed by atoms with Crippen molar-refractivity contribution in [1.82, 2.24) is 15.2 Å². The van der Waals surface area contributed by atoms with Crippen molar-refractivity contribution in [2.45, 2.75) is 19.3 Å². The second-order valence-corrected chi connectivity index (χ2v) is 5.32. The van der Waals surface area contributed by atoms with E-state index >= 15 is 0 Å². The molecule has 3 rings (SSSR count). The zero-order valence-corrected chi connectivity index (χ0v) is 12.8. The third kappa shape index (κ3) is 3.45. The van der Waals surface area contributed by atoms with E-state index in [1.165, 1.54) is 12.1 Å². The molecule has 7 heteroatoms. The molecule has 1 aromatic carbocycles. The first kappa shape index (κ1) is 15.8. The van der Waals surface area contributed by atoms with E-state index < -0.39 is 17.7 Å². The Kier molecular flexibility index (Phi) is 4.33. The Morgan fingerprint density at radius 1 is 1.21 bits per heavy atom. The fourth-order valence-electron chi connectivity index (χ4n) is 2.50. The topological polar surface area (TPSA) is 89.1 Å². The van der Waals surface area contributed by atoms with Gasteiger partial charge in [-0.15, -0.1) is 10.2 Å². The SMILES string of the molecule is Cc1nnc(C(CC(=O)O)c2cc(F)cc(-c3ccncc3)c2)o1. The van der Waals surface area contributed by atoms with Gasteiger partial charge in [0.2, 0.25) is 11.8 Å². The maximum atomic E-state index is 14.1. The number of rotatable bonds is 5. The first-order valence-corrected chi connectivity index (χ1v) is 7.25. The molecule has 0 aliphatic rings. The highest BCUT2D eigenvalue weighted by molar-refractivity contribution is 5.69. The zero-order chi connectivity index (χ0) is 17.1. The van der Waals surface area contributed by atoms with Crippen molar-refractivity contribution in [2.24, 2.45) is 0 Å². The van der Waals surface area contributed by atoms with Gasteiger partial charge in [-0.2, -0.15) is 0 Å². The number of benzene rings is 1. The monoisotopic (exact) mass is 327 g/mol. The number of halogens is 1. The van der Waals surface area contributed by atoms with Gasteiger partial charge in [0.15, 0.2) is 0 Å². The average molecular weight is 327 g/mol. The van der Waals surface area contributed by atoms with Crippen LogP contribution in [0.15, 0.2) is 47.1 Å². The number of nitrogens with zero attached hydrogens (tertiary/aromatic N) is 3. The fourth-order valence-corrected chi connectivity index (χ4v) is 2.50. The van der Waals surface area contributed by atoms with Gasteiger partial charge in [0.1, 0.15) is 5.82 Å². The van der Waals surface area contributed by atoms with E-state index in [2.05, 4.69) is 15.2 Å². The predicted molar refractivity (Wildman–Crippen MR) is 82.8 cm³/mol. The molecule has 1 atom stereocenters. The predicted octanol–water partition coefficient (Wildman–Crippen LogP) is 3.19. The second-order valence-electron chi connectivity index (χ2n) is 5.32. The number of carboxylic acid groups (broad SMARTS) is 1. The molecule has 2 aromatic heterocycles. The molecule has 0 amide bonds. The molecule has 3 aromatic rings. The van der Waals surface area contributed by atoms with Gasteiger partial charge in [-0.1, -0.05) is 6.07 Å². The van der Waals surface area contributed by atoms with Gasteiger partial charge in [-0.3, -0.25) is 9.78 Å². The number of pyridine rings is 1. The van der Waals surface area contributed by atoms with Crippen LogP contribution in [0.5, 0.6) is 0 Å². The van der Waals surface area contributed by atoms with Crippen LogP contribution in [0.3, 0.4) is 0 Å². The molecule has 0 saturated heterocycles. The fraction of sp³-hybridized carbons (Fsp3) is 0.176. The van der Waals surface area contributed by atoms with E-state index in [1.807, 2.05) is 0 Å². The maximum Gasteiger partial charge on any atom is 0.304 e. The summed E-state index contributed by atoms with van der Waals surface area (Å²) in [7, 11) is 0. The Balaban J connectivity index is 2.07. The first-order chi connectivity index (χ1) is 11.5. The number of aliphatic carboxylic acids is 1. The van der Waals surface area contributed by atoms with Crippen molar-refractivity contribution in [1.29, 1.82) is 0 Å². The molecule has 0 bridgehead atoms. The Bertz CT molecular complexity index is 865. The first-order valence-electron chi connectivity index (χ1n) is 7.25. The highest BCUT2D eigenvalue weighted by Gasteiger charge is 2.24. The van der Waals surface area contributed by atoms with Crippen molar-refractivity contribution in [2.75, 3.05) is 0 Å². The van der Waals surface area contributed by atoms with Crippen LogP contribution >= 0.6 is 0 Å². The molecule has 0 aliphatic carbocycles. The summed E-state index contributed by atoms with van der Waals surface area (Å²) in [6.45, 7) is 1.61. The number of aryl methyl sites for hydroxylation is 1. The largest absolute Gasteiger partial charge is 0.481 e. The van der Waals surface area contributed by atoms with Crippen LogP contribution in [-0.2, 0) is 4.79 Å². The van der Waals surface area contributed by atoms with Crippen LogP contribution < -0.4 is 0 Å². The summed E-state index contributed by atoms with van der Waals surface area (Å²) in [5, 5.41) is 16.8. The lowest BCUT2D eigenvalue weighted by atomic mass is 9.92. The second kappa shape index (κ2) is 6.57. The minimum atomic E-state index is -1.04. The quantitative estimate of drug-likeness (QED) is 0.774. The van der Waals surface area contributed by atoms with Crippen LogP contribution in [0, 0.1) is 12.7 Å². The molecule has 0 fully saturated rings. The lowest BCUT2D eigenvalue weighted by Crippen LogP contribution is -2.09. The lowest BCUT2D eigenvalue weighted by Gasteiger charge is -2.13. The molecule has 1 unspecified atom stereocenters. The van der Waals surface area contributed by atoms with Crippen molar-refractivity contribution < 1.29 is 18.7 Å². The van der Waals surface area contributed by atoms with Crippen molar-refractivity contribution in [3.05, 3.63) is 65.9 Å². The van der Waals surface area contributed by atoms with Crippen LogP contribution in [0.2, 0.25) is 0 Å². The Hall–Kier alpha value is -3.09. The molecule has 2 heterocycles. The molecular formula is C17H14FN3O3. The standard InChI is InChI=1S/C17H14FN3O3/c1-10-20-21-17(24-10)15(9-16(22)23)13-6-12(7-14(18)8-13)11-2-4-19-5-3-11/h2-8,15H,9H2,1H3,(H,22,23). The molecule has 0 saturated carbocycles. The Morgan fingerprint density at radius 2 is 1.96 bits per heavy atom. The van der Waals surface area contributed by atoms with Gasteiger partial charge in [-0.25, -0.2) is 4.39 Å². The minimum absolute atomic E-state index is 0.154. The molecule has 0 spiro atoms. The van der Waals surface area contributed by atoms with E-state index in [-0.39, 0.29) is 12.3 Å². The number of hydrogen-bond donors (Lipinski definition) is 1. The van der Waals surface area contributed by atoms with Gasteiger partial charge >= 0.3 is 5.97 Å². The molecule has 1 N–H and O–H groups in total. The summed E-state index contributed by atoms with van der Waals surface area (Å²) in [4.78, 5) is 15.1. The van der Waals surface area contributed by atoms with E-state index in [9.17, 15) is 14.3 Å². The van der Waals surface area contributed by atoms with Crippen LogP contribution in [0.25, 0.3) is 11.1 Å². The van der Waals surface area contributed by atoms with Crippen LogP contribution in [-0.4, -0.2) is 26.3 Å². The Labute approximate surface area is 137 Å². The van der Waals surface area contributed by atoms with Gasteiger partial charge in [-0.05, 0) is 41.0 Å². The van der Waals surface area contributed by atoms with E-state index in [4.69, 9.17) is 4.42 Å². The summed E-state index contributed by atoms with van der Waals surface area (Å²) in [5.41, 5.74) is 1.87. The van der Waals surface area contributed by atoms with E-state index in [0.29, 0.717) is 17.0 Å². The summed E-state index contributed by atoms with van der Waals surface area (Å²) in [6.07, 6.45) is 2.94.